The maximum atomic E-state index is 14.8. The Morgan fingerprint density at radius 3 is 2.10 bits per heavy atom. The van der Waals surface area contributed by atoms with Gasteiger partial charge in [0.1, 0.15) is 24.1 Å². The molecule has 0 heterocycles. The Labute approximate surface area is 218 Å². The molecule has 0 spiro atoms. The smallest absolute Gasteiger partial charge is 0.347 e. The summed E-state index contributed by atoms with van der Waals surface area (Å²) in [4.78, 5) is 24.2. The van der Waals surface area contributed by atoms with Crippen LogP contribution in [0.4, 0.5) is 48.3 Å². The number of hydrogen-bond donors (Lipinski definition) is 1. The van der Waals surface area contributed by atoms with Gasteiger partial charge in [0.25, 0.3) is 0 Å². The summed E-state index contributed by atoms with van der Waals surface area (Å²) in [6.07, 6.45) is -16.2. The lowest BCUT2D eigenvalue weighted by atomic mass is 9.92. The van der Waals surface area contributed by atoms with E-state index in [1.165, 1.54) is 5.32 Å². The number of halogens is 12. The average molecular weight is 596 g/mol. The van der Waals surface area contributed by atoms with E-state index in [2.05, 4.69) is 0 Å². The van der Waals surface area contributed by atoms with Crippen molar-refractivity contribution in [2.45, 2.75) is 37.8 Å². The molecule has 0 radical (unpaired) electrons. The highest BCUT2D eigenvalue weighted by atomic mass is 35.5. The maximum Gasteiger partial charge on any atom is 0.417 e. The predicted molar refractivity (Wildman–Crippen MR) is 118 cm³/mol. The van der Waals surface area contributed by atoms with Crippen molar-refractivity contribution < 1.29 is 57.9 Å². The normalized spacial score (nSPS) is 14.6. The lowest BCUT2D eigenvalue weighted by Gasteiger charge is -2.19. The fourth-order valence-corrected chi connectivity index (χ4v) is 3.53. The molecule has 0 aromatic heterocycles. The van der Waals surface area contributed by atoms with Crippen LogP contribution in [0.15, 0.2) is 42.5 Å². The molecular formula is C24H17ClF11NO2. The molecule has 2 aromatic rings. The number of rotatable bonds is 8. The van der Waals surface area contributed by atoms with E-state index in [1.54, 1.807) is 0 Å². The van der Waals surface area contributed by atoms with Gasteiger partial charge in [0.05, 0.1) is 10.6 Å². The Morgan fingerprint density at radius 1 is 0.974 bits per heavy atom. The zero-order valence-electron chi connectivity index (χ0n) is 19.5. The molecular weight excluding hydrogens is 579 g/mol. The summed E-state index contributed by atoms with van der Waals surface area (Å²) >= 11 is 5.48. The van der Waals surface area contributed by atoms with E-state index in [-0.39, 0.29) is 12.1 Å². The minimum Gasteiger partial charge on any atom is -0.347 e. The maximum absolute atomic E-state index is 14.8. The fraction of sp³-hybridized carbons (Fsp3) is 0.333. The van der Waals surface area contributed by atoms with Crippen LogP contribution in [-0.2, 0) is 11.0 Å². The van der Waals surface area contributed by atoms with Crippen molar-refractivity contribution in [2.75, 3.05) is 6.54 Å². The van der Waals surface area contributed by atoms with Gasteiger partial charge in [-0.1, -0.05) is 36.7 Å². The number of carbonyl (C=O) groups is 2. The van der Waals surface area contributed by atoms with Gasteiger partial charge in [-0.05, 0) is 29.8 Å². The van der Waals surface area contributed by atoms with E-state index in [0.717, 1.165) is 6.92 Å². The van der Waals surface area contributed by atoms with Crippen molar-refractivity contribution in [2.24, 2.45) is 5.92 Å². The third-order valence-corrected chi connectivity index (χ3v) is 5.56. The summed E-state index contributed by atoms with van der Waals surface area (Å²) in [7, 11) is 0. The van der Waals surface area contributed by atoms with Crippen LogP contribution in [0.1, 0.15) is 46.3 Å². The first kappa shape index (κ1) is 32.1. The number of ketones is 1. The van der Waals surface area contributed by atoms with Gasteiger partial charge in [-0.15, -0.1) is 0 Å². The molecule has 2 atom stereocenters. The molecule has 0 saturated carbocycles. The van der Waals surface area contributed by atoms with Crippen molar-refractivity contribution in [3.63, 3.8) is 0 Å². The molecule has 0 fully saturated rings. The molecule has 1 unspecified atom stereocenters. The number of amides is 1. The number of alkyl halides is 9. The van der Waals surface area contributed by atoms with Crippen molar-refractivity contribution in [3.05, 3.63) is 75.6 Å². The first-order valence-electron chi connectivity index (χ1n) is 10.7. The Hall–Kier alpha value is -3.16. The van der Waals surface area contributed by atoms with Crippen LogP contribution in [-0.4, -0.2) is 30.6 Å². The number of benzene rings is 2. The Kier molecular flexibility index (Phi) is 9.80. The first-order chi connectivity index (χ1) is 17.7. The van der Waals surface area contributed by atoms with Crippen LogP contribution in [0.25, 0.3) is 5.83 Å². The monoisotopic (exact) mass is 595 g/mol. The summed E-state index contributed by atoms with van der Waals surface area (Å²) in [5.41, 5.74) is -4.51. The summed E-state index contributed by atoms with van der Waals surface area (Å²) in [6, 6.07) is 2.98. The van der Waals surface area contributed by atoms with Crippen LogP contribution in [0.3, 0.4) is 0 Å². The number of nitrogens with one attached hydrogen (secondary N) is 1. The second-order valence-corrected chi connectivity index (χ2v) is 8.73. The van der Waals surface area contributed by atoms with Gasteiger partial charge in [-0.2, -0.15) is 39.5 Å². The van der Waals surface area contributed by atoms with E-state index >= 15 is 0 Å². The lowest BCUT2D eigenvalue weighted by molar-refractivity contribution is -0.140. The molecule has 0 aliphatic carbocycles. The van der Waals surface area contributed by atoms with Gasteiger partial charge >= 0.3 is 18.5 Å². The van der Waals surface area contributed by atoms with Crippen molar-refractivity contribution in [3.8, 4) is 0 Å². The Bertz CT molecular complexity index is 1250. The lowest BCUT2D eigenvalue weighted by Crippen LogP contribution is -2.37. The molecule has 1 N–H and O–H groups in total. The predicted octanol–water partition coefficient (Wildman–Crippen LogP) is 8.04. The Morgan fingerprint density at radius 2 is 1.59 bits per heavy atom. The third-order valence-electron chi connectivity index (χ3n) is 5.27. The molecule has 214 valence electrons. The van der Waals surface area contributed by atoms with Crippen LogP contribution >= 0.6 is 11.6 Å². The summed E-state index contributed by atoms with van der Waals surface area (Å²) in [5.74, 6) is -9.63. The van der Waals surface area contributed by atoms with Gasteiger partial charge in [-0.25, -0.2) is 8.78 Å². The second-order valence-electron chi connectivity index (χ2n) is 8.33. The minimum absolute atomic E-state index is 0.0480. The van der Waals surface area contributed by atoms with Crippen molar-refractivity contribution in [1.29, 1.82) is 0 Å². The largest absolute Gasteiger partial charge is 0.417 e. The number of hydrogen-bond acceptors (Lipinski definition) is 2. The van der Waals surface area contributed by atoms with Crippen LogP contribution in [0.2, 0.25) is 5.02 Å². The van der Waals surface area contributed by atoms with E-state index in [9.17, 15) is 57.9 Å². The van der Waals surface area contributed by atoms with Crippen molar-refractivity contribution >= 4 is 29.1 Å². The minimum atomic E-state index is -5.31. The molecule has 0 bridgehead atoms. The van der Waals surface area contributed by atoms with Gasteiger partial charge in [-0.3, -0.25) is 9.59 Å². The molecule has 0 saturated heterocycles. The average Bonchev–Trinajstić information content (AvgIpc) is 2.80. The molecule has 0 aliphatic heterocycles. The van der Waals surface area contributed by atoms with Gasteiger partial charge in [0, 0.05) is 23.5 Å². The van der Waals surface area contributed by atoms with Crippen molar-refractivity contribution in [1.82, 2.24) is 5.32 Å². The van der Waals surface area contributed by atoms with Crippen LogP contribution in [0, 0.1) is 11.7 Å². The topological polar surface area (TPSA) is 46.2 Å². The highest BCUT2D eigenvalue weighted by Crippen LogP contribution is 2.40. The highest BCUT2D eigenvalue weighted by molar-refractivity contribution is 6.30. The van der Waals surface area contributed by atoms with E-state index < -0.39 is 93.9 Å². The zero-order chi connectivity index (χ0) is 29.9. The van der Waals surface area contributed by atoms with E-state index in [0.29, 0.717) is 30.3 Å². The third kappa shape index (κ3) is 8.94. The molecule has 0 aliphatic rings. The molecule has 39 heavy (non-hydrogen) atoms. The second kappa shape index (κ2) is 11.9. The molecule has 2 rings (SSSR count). The fourth-order valence-electron chi connectivity index (χ4n) is 3.34. The van der Waals surface area contributed by atoms with Gasteiger partial charge < -0.3 is 5.32 Å². The SMILES string of the molecule is C[C@@H](CC(=O)c1ccc(/C(F)=C/C(c2ccc(F)c(Cl)c2)C(F)(F)F)cc1C(F)(F)F)C(=O)NCC(F)(F)F. The zero-order valence-corrected chi connectivity index (χ0v) is 20.2. The summed E-state index contributed by atoms with van der Waals surface area (Å²) < 4.78 is 147. The quantitative estimate of drug-likeness (QED) is 0.248. The summed E-state index contributed by atoms with van der Waals surface area (Å²) in [6.45, 7) is -0.742. The summed E-state index contributed by atoms with van der Waals surface area (Å²) in [5, 5.41) is 0.773. The molecule has 1 amide bonds. The number of carbonyl (C=O) groups excluding carboxylic acids is 2. The van der Waals surface area contributed by atoms with Crippen LogP contribution < -0.4 is 5.32 Å². The number of allylic oxidation sites excluding steroid dienone is 1. The van der Waals surface area contributed by atoms with Gasteiger partial charge in [0.15, 0.2) is 5.78 Å². The highest BCUT2D eigenvalue weighted by Gasteiger charge is 2.41. The van der Waals surface area contributed by atoms with Crippen LogP contribution in [0.5, 0.6) is 0 Å². The molecule has 3 nitrogen and oxygen atoms in total. The molecule has 2 aromatic carbocycles. The number of Topliss-reactive ketones (excluding diaryl/α,β-unsaturated/α-hetero) is 1. The first-order valence-corrected chi connectivity index (χ1v) is 11.1. The van der Waals surface area contributed by atoms with Gasteiger partial charge in [0.2, 0.25) is 5.91 Å². The van der Waals surface area contributed by atoms with E-state index in [1.807, 2.05) is 0 Å². The Balaban J connectivity index is 2.42. The molecule has 15 heteroatoms. The van der Waals surface area contributed by atoms with E-state index in [4.69, 9.17) is 11.6 Å². The standard InChI is InChI=1S/C24H17ClF11NO2/c1-11(21(39)37-10-22(28,29)30)6-20(38)14-4-2-13(7-16(14)24(34,35)36)19(27)9-15(23(31,32)33)12-3-5-18(26)17(25)8-12/h2-5,7-9,11,15H,6,10H2,1H3,(H,37,39)/b19-9-/t11-,15?/m0/s1.